The fraction of sp³-hybridized carbons (Fsp3) is 0.826. The summed E-state index contributed by atoms with van der Waals surface area (Å²) in [6, 6.07) is -3.59. The molecule has 0 saturated heterocycles. The van der Waals surface area contributed by atoms with Gasteiger partial charge in [0.05, 0.1) is 11.4 Å². The lowest BCUT2D eigenvalue weighted by Gasteiger charge is -2.28. The second-order valence-electron chi connectivity index (χ2n) is 9.27. The summed E-state index contributed by atoms with van der Waals surface area (Å²) in [6.07, 6.45) is 6.12. The number of aliphatic hydroxyl groups is 1. The van der Waals surface area contributed by atoms with Crippen LogP contribution in [0.4, 0.5) is 0 Å². The number of aliphatic hydroxyl groups excluding tert-OH is 1. The van der Waals surface area contributed by atoms with E-state index in [9.17, 15) is 24.3 Å². The molecular formula is C23H44N6O5S. The first kappa shape index (κ1) is 31.3. The summed E-state index contributed by atoms with van der Waals surface area (Å²) in [5.41, 5.74) is 17.5. The van der Waals surface area contributed by atoms with Crippen LogP contribution < -0.4 is 33.2 Å². The van der Waals surface area contributed by atoms with E-state index in [4.69, 9.17) is 17.2 Å². The molecule has 0 spiro atoms. The van der Waals surface area contributed by atoms with Gasteiger partial charge in [-0.1, -0.05) is 19.3 Å². The number of hydrogen-bond donors (Lipinski definition) is 7. The van der Waals surface area contributed by atoms with Crippen LogP contribution in [-0.4, -0.2) is 83.5 Å². The van der Waals surface area contributed by atoms with Crippen molar-refractivity contribution >= 4 is 35.3 Å². The van der Waals surface area contributed by atoms with Gasteiger partial charge in [-0.25, -0.2) is 0 Å². The minimum absolute atomic E-state index is 0.0905. The van der Waals surface area contributed by atoms with E-state index in [1.165, 1.54) is 25.1 Å². The van der Waals surface area contributed by atoms with E-state index in [-0.39, 0.29) is 54.8 Å². The molecule has 0 heterocycles. The van der Waals surface area contributed by atoms with Gasteiger partial charge in [-0.2, -0.15) is 11.8 Å². The van der Waals surface area contributed by atoms with Gasteiger partial charge < -0.3 is 38.3 Å². The molecular weight excluding hydrogens is 472 g/mol. The first-order valence-corrected chi connectivity index (χ1v) is 13.6. The van der Waals surface area contributed by atoms with Gasteiger partial charge in [0, 0.05) is 19.0 Å². The minimum atomic E-state index is -1.35. The molecule has 1 aliphatic rings. The summed E-state index contributed by atoms with van der Waals surface area (Å²) in [6.45, 7) is 3.04. The summed E-state index contributed by atoms with van der Waals surface area (Å²) < 4.78 is 0. The number of nitrogens with two attached hydrogens (primary N) is 3. The third-order valence-electron chi connectivity index (χ3n) is 6.50. The molecule has 3 unspecified atom stereocenters. The molecule has 11 nitrogen and oxygen atoms in total. The van der Waals surface area contributed by atoms with E-state index in [0.717, 1.165) is 25.7 Å². The molecule has 3 amide bonds. The molecule has 0 radical (unpaired) electrons. The van der Waals surface area contributed by atoms with Gasteiger partial charge >= 0.3 is 0 Å². The highest BCUT2D eigenvalue weighted by atomic mass is 32.2. The highest BCUT2D eigenvalue weighted by Crippen LogP contribution is 2.26. The Morgan fingerprint density at radius 1 is 0.971 bits per heavy atom. The molecule has 0 aromatic carbocycles. The van der Waals surface area contributed by atoms with Gasteiger partial charge in [0.2, 0.25) is 17.7 Å². The smallest absolute Gasteiger partial charge is 0.245 e. The quantitative estimate of drug-likeness (QED) is 0.139. The lowest BCUT2D eigenvalue weighted by Crippen LogP contribution is -2.60. The van der Waals surface area contributed by atoms with Crippen LogP contribution in [0.2, 0.25) is 0 Å². The third kappa shape index (κ3) is 10.4. The highest BCUT2D eigenvalue weighted by Gasteiger charge is 2.33. The standard InChI is InChI=1S/C23H44N6O5S/c1-13(30)20(23(34)28-18(12-25)21(32)14(2)35-3)29-22(33)17(9-10-24)27-19(31)11-16(26)15-7-5-4-6-8-15/h13-18,20,30H,4-12,24-26H2,1-3H3,(H,27,31)(H,28,34)(H,29,33)/t13?,14?,16?,17-,18-,20-/m0/s1. The fourth-order valence-electron chi connectivity index (χ4n) is 4.20. The molecule has 0 aromatic heterocycles. The van der Waals surface area contributed by atoms with Crippen molar-refractivity contribution in [1.29, 1.82) is 0 Å². The summed E-state index contributed by atoms with van der Waals surface area (Å²) in [5, 5.41) is 17.4. The topological polar surface area (TPSA) is 203 Å². The molecule has 0 aromatic rings. The number of nitrogens with one attached hydrogen (secondary N) is 3. The molecule has 0 aliphatic heterocycles. The van der Waals surface area contributed by atoms with Crippen LogP contribution in [0.5, 0.6) is 0 Å². The number of rotatable bonds is 15. The molecule has 1 fully saturated rings. The van der Waals surface area contributed by atoms with Crippen molar-refractivity contribution < 1.29 is 24.3 Å². The van der Waals surface area contributed by atoms with Crippen molar-refractivity contribution in [3.8, 4) is 0 Å². The largest absolute Gasteiger partial charge is 0.391 e. The van der Waals surface area contributed by atoms with Crippen LogP contribution in [0, 0.1) is 5.92 Å². The minimum Gasteiger partial charge on any atom is -0.391 e. The van der Waals surface area contributed by atoms with Crippen molar-refractivity contribution in [3.63, 3.8) is 0 Å². The maximum absolute atomic E-state index is 12.9. The van der Waals surface area contributed by atoms with Gasteiger partial charge in [0.15, 0.2) is 5.78 Å². The average molecular weight is 517 g/mol. The molecule has 35 heavy (non-hydrogen) atoms. The van der Waals surface area contributed by atoms with Crippen molar-refractivity contribution in [1.82, 2.24) is 16.0 Å². The van der Waals surface area contributed by atoms with Gasteiger partial charge in [-0.3, -0.25) is 19.2 Å². The van der Waals surface area contributed by atoms with E-state index in [0.29, 0.717) is 0 Å². The summed E-state index contributed by atoms with van der Waals surface area (Å²) in [7, 11) is 0. The van der Waals surface area contributed by atoms with Crippen molar-refractivity contribution in [3.05, 3.63) is 0 Å². The zero-order valence-electron chi connectivity index (χ0n) is 21.1. The van der Waals surface area contributed by atoms with E-state index in [1.54, 1.807) is 13.2 Å². The van der Waals surface area contributed by atoms with Crippen LogP contribution in [-0.2, 0) is 19.2 Å². The summed E-state index contributed by atoms with van der Waals surface area (Å²) in [4.78, 5) is 50.8. The van der Waals surface area contributed by atoms with Gasteiger partial charge in [0.1, 0.15) is 18.1 Å². The van der Waals surface area contributed by atoms with Crippen LogP contribution >= 0.6 is 11.8 Å². The molecule has 1 aliphatic carbocycles. The summed E-state index contributed by atoms with van der Waals surface area (Å²) >= 11 is 1.32. The zero-order valence-corrected chi connectivity index (χ0v) is 21.9. The Balaban J connectivity index is 2.79. The van der Waals surface area contributed by atoms with E-state index < -0.39 is 36.0 Å². The molecule has 6 atom stereocenters. The van der Waals surface area contributed by atoms with Gasteiger partial charge in [-0.15, -0.1) is 0 Å². The number of ketones is 1. The predicted octanol–water partition coefficient (Wildman–Crippen LogP) is -1.25. The van der Waals surface area contributed by atoms with Crippen molar-refractivity contribution in [2.45, 2.75) is 94.3 Å². The first-order chi connectivity index (χ1) is 16.5. The Morgan fingerprint density at radius 2 is 1.60 bits per heavy atom. The van der Waals surface area contributed by atoms with Gasteiger partial charge in [0.25, 0.3) is 0 Å². The molecule has 1 rings (SSSR count). The Kier molecular flexibility index (Phi) is 14.4. The molecule has 202 valence electrons. The van der Waals surface area contributed by atoms with Crippen LogP contribution in [0.1, 0.15) is 58.8 Å². The van der Waals surface area contributed by atoms with E-state index in [1.807, 2.05) is 0 Å². The Hall–Kier alpha value is -1.73. The second kappa shape index (κ2) is 16.1. The molecule has 1 saturated carbocycles. The third-order valence-corrected chi connectivity index (χ3v) is 7.44. The second-order valence-corrected chi connectivity index (χ2v) is 10.4. The lowest BCUT2D eigenvalue weighted by atomic mass is 9.83. The molecule has 12 heteroatoms. The number of hydrogen-bond acceptors (Lipinski definition) is 9. The van der Waals surface area contributed by atoms with Crippen LogP contribution in [0.15, 0.2) is 0 Å². The Bertz CT molecular complexity index is 704. The number of thioether (sulfide) groups is 1. The fourth-order valence-corrected chi connectivity index (χ4v) is 4.59. The zero-order chi connectivity index (χ0) is 26.5. The number of carbonyl (C=O) groups excluding carboxylic acids is 4. The average Bonchev–Trinajstić information content (AvgIpc) is 2.84. The van der Waals surface area contributed by atoms with Crippen molar-refractivity contribution in [2.75, 3.05) is 19.3 Å². The number of carbonyl (C=O) groups is 4. The van der Waals surface area contributed by atoms with E-state index in [2.05, 4.69) is 16.0 Å². The van der Waals surface area contributed by atoms with Gasteiger partial charge in [-0.05, 0) is 51.8 Å². The SMILES string of the molecule is CSC(C)C(=O)[C@H](CN)NC(=O)[C@@H](NC(=O)[C@H](CCN)NC(=O)CC(N)C1CCCCC1)C(C)O. The van der Waals surface area contributed by atoms with Crippen molar-refractivity contribution in [2.24, 2.45) is 23.1 Å². The summed E-state index contributed by atoms with van der Waals surface area (Å²) in [5.74, 6) is -1.75. The highest BCUT2D eigenvalue weighted by molar-refractivity contribution is 7.99. The lowest BCUT2D eigenvalue weighted by molar-refractivity contribution is -0.135. The van der Waals surface area contributed by atoms with Crippen LogP contribution in [0.3, 0.4) is 0 Å². The molecule has 0 bridgehead atoms. The number of amides is 3. The maximum atomic E-state index is 12.9. The Morgan fingerprint density at radius 3 is 2.11 bits per heavy atom. The normalized spacial score (nSPS) is 19.5. The Labute approximate surface area is 212 Å². The maximum Gasteiger partial charge on any atom is 0.245 e. The molecule has 10 N–H and O–H groups in total. The van der Waals surface area contributed by atoms with Crippen LogP contribution in [0.25, 0.3) is 0 Å². The monoisotopic (exact) mass is 516 g/mol. The predicted molar refractivity (Wildman–Crippen MR) is 137 cm³/mol. The number of Topliss-reactive ketones (excluding diaryl/α,β-unsaturated/α-hetero) is 1. The van der Waals surface area contributed by atoms with E-state index >= 15 is 0 Å². The first-order valence-electron chi connectivity index (χ1n) is 12.4.